The smallest absolute Gasteiger partial charge is 0.255 e. The summed E-state index contributed by atoms with van der Waals surface area (Å²) in [6.07, 6.45) is 0. The van der Waals surface area contributed by atoms with E-state index in [2.05, 4.69) is 10.6 Å². The number of ether oxygens (including phenoxy) is 2. The van der Waals surface area contributed by atoms with Gasteiger partial charge in [-0.15, -0.1) is 0 Å². The number of benzene rings is 1. The van der Waals surface area contributed by atoms with Gasteiger partial charge in [-0.2, -0.15) is 0 Å². The van der Waals surface area contributed by atoms with Crippen molar-refractivity contribution in [3.05, 3.63) is 17.7 Å². The largest absolute Gasteiger partial charge is 0.493 e. The zero-order valence-corrected chi connectivity index (χ0v) is 16.6. The molecule has 0 unspecified atom stereocenters. The van der Waals surface area contributed by atoms with Gasteiger partial charge >= 0.3 is 0 Å². The van der Waals surface area contributed by atoms with Gasteiger partial charge in [0.15, 0.2) is 11.5 Å². The van der Waals surface area contributed by atoms with Crippen molar-refractivity contribution >= 4 is 23.4 Å². The summed E-state index contributed by atoms with van der Waals surface area (Å²) >= 11 is 0. The first kappa shape index (κ1) is 22.2. The van der Waals surface area contributed by atoms with Crippen LogP contribution in [-0.4, -0.2) is 63.5 Å². The van der Waals surface area contributed by atoms with Crippen LogP contribution in [0.2, 0.25) is 0 Å². The molecule has 0 saturated carbocycles. The highest BCUT2D eigenvalue weighted by Crippen LogP contribution is 2.33. The molecule has 150 valence electrons. The third-order valence-electron chi connectivity index (χ3n) is 3.88. The lowest BCUT2D eigenvalue weighted by atomic mass is 10.1. The maximum Gasteiger partial charge on any atom is 0.255 e. The number of nitrogens with zero attached hydrogens (tertiary/aromatic N) is 1. The maximum atomic E-state index is 12.4. The lowest BCUT2D eigenvalue weighted by molar-refractivity contribution is -0.125. The van der Waals surface area contributed by atoms with E-state index in [0.717, 1.165) is 0 Å². The van der Waals surface area contributed by atoms with Crippen LogP contribution in [0.3, 0.4) is 0 Å². The number of nitrogens with one attached hydrogen (secondary N) is 2. The number of nitrogens with two attached hydrogens (primary N) is 1. The van der Waals surface area contributed by atoms with E-state index in [4.69, 9.17) is 15.2 Å². The first-order valence-electron chi connectivity index (χ1n) is 8.43. The molecule has 4 N–H and O–H groups in total. The molecular formula is C18H28N4O5. The van der Waals surface area contributed by atoms with Crippen molar-refractivity contribution in [2.24, 2.45) is 11.7 Å². The van der Waals surface area contributed by atoms with Gasteiger partial charge in [0.05, 0.1) is 38.1 Å². The molecule has 0 spiro atoms. The van der Waals surface area contributed by atoms with E-state index < -0.39 is 17.9 Å². The number of methoxy groups -OCH3 is 2. The summed E-state index contributed by atoms with van der Waals surface area (Å²) in [6, 6.07) is 2.28. The Kier molecular flexibility index (Phi) is 8.04. The number of hydrogen-bond donors (Lipinski definition) is 3. The van der Waals surface area contributed by atoms with E-state index in [9.17, 15) is 14.4 Å². The van der Waals surface area contributed by atoms with Crippen molar-refractivity contribution in [1.82, 2.24) is 10.2 Å². The average molecular weight is 380 g/mol. The van der Waals surface area contributed by atoms with Crippen LogP contribution < -0.4 is 25.8 Å². The van der Waals surface area contributed by atoms with E-state index in [-0.39, 0.29) is 29.6 Å². The second-order valence-electron chi connectivity index (χ2n) is 6.49. The van der Waals surface area contributed by atoms with Crippen molar-refractivity contribution in [1.29, 1.82) is 0 Å². The van der Waals surface area contributed by atoms with Crippen LogP contribution in [0, 0.1) is 5.92 Å². The second kappa shape index (κ2) is 9.77. The lowest BCUT2D eigenvalue weighted by Gasteiger charge is -2.18. The highest BCUT2D eigenvalue weighted by molar-refractivity contribution is 6.05. The summed E-state index contributed by atoms with van der Waals surface area (Å²) in [6.45, 7) is 3.35. The predicted molar refractivity (Wildman–Crippen MR) is 102 cm³/mol. The molecule has 0 fully saturated rings. The third-order valence-corrected chi connectivity index (χ3v) is 3.88. The second-order valence-corrected chi connectivity index (χ2v) is 6.49. The molecule has 1 aromatic carbocycles. The van der Waals surface area contributed by atoms with Crippen LogP contribution >= 0.6 is 0 Å². The fourth-order valence-electron chi connectivity index (χ4n) is 2.18. The molecule has 0 aliphatic carbocycles. The van der Waals surface area contributed by atoms with Crippen LogP contribution in [0.1, 0.15) is 24.2 Å². The first-order valence-corrected chi connectivity index (χ1v) is 8.43. The molecule has 0 bridgehead atoms. The van der Waals surface area contributed by atoms with E-state index in [0.29, 0.717) is 11.5 Å². The summed E-state index contributed by atoms with van der Waals surface area (Å²) in [5.41, 5.74) is 6.22. The number of carbonyl (C=O) groups excluding carboxylic acids is 3. The van der Waals surface area contributed by atoms with E-state index in [1.165, 1.54) is 31.3 Å². The van der Waals surface area contributed by atoms with Gasteiger partial charge < -0.3 is 30.7 Å². The molecule has 9 heteroatoms. The maximum absolute atomic E-state index is 12.4. The van der Waals surface area contributed by atoms with Crippen LogP contribution in [0.4, 0.5) is 5.69 Å². The molecule has 0 saturated heterocycles. The molecule has 1 aromatic rings. The average Bonchev–Trinajstić information content (AvgIpc) is 2.64. The first-order chi connectivity index (χ1) is 12.6. The number of carbonyl (C=O) groups is 3. The van der Waals surface area contributed by atoms with Gasteiger partial charge in [-0.3, -0.25) is 14.4 Å². The monoisotopic (exact) mass is 380 g/mol. The third kappa shape index (κ3) is 5.85. The molecule has 0 aliphatic heterocycles. The minimum absolute atomic E-state index is 0.0526. The molecule has 3 amide bonds. The highest BCUT2D eigenvalue weighted by Gasteiger charge is 2.21. The zero-order chi connectivity index (χ0) is 20.7. The quantitative estimate of drug-likeness (QED) is 0.601. The van der Waals surface area contributed by atoms with Gasteiger partial charge in [0, 0.05) is 20.2 Å². The van der Waals surface area contributed by atoms with Crippen molar-refractivity contribution < 1.29 is 23.9 Å². The van der Waals surface area contributed by atoms with Gasteiger partial charge in [0.2, 0.25) is 11.8 Å². The van der Waals surface area contributed by atoms with Gasteiger partial charge in [0.1, 0.15) is 0 Å². The van der Waals surface area contributed by atoms with Crippen molar-refractivity contribution in [3.8, 4) is 11.5 Å². The Labute approximate surface area is 159 Å². The number of anilines is 1. The Balaban J connectivity index is 3.01. The van der Waals surface area contributed by atoms with Gasteiger partial charge in [0.25, 0.3) is 5.91 Å². The molecule has 1 atom stereocenters. The summed E-state index contributed by atoms with van der Waals surface area (Å²) in [4.78, 5) is 37.9. The summed E-state index contributed by atoms with van der Waals surface area (Å²) < 4.78 is 10.4. The molecular weight excluding hydrogens is 352 g/mol. The Morgan fingerprint density at radius 3 is 2.15 bits per heavy atom. The normalized spacial score (nSPS) is 11.6. The molecule has 27 heavy (non-hydrogen) atoms. The molecule has 9 nitrogen and oxygen atoms in total. The van der Waals surface area contributed by atoms with E-state index in [1.54, 1.807) is 14.1 Å². The number of hydrogen-bond acceptors (Lipinski definition) is 6. The molecule has 0 heterocycles. The minimum atomic E-state index is -0.704. The Morgan fingerprint density at radius 2 is 1.67 bits per heavy atom. The number of rotatable bonds is 8. The fraction of sp³-hybridized carbons (Fsp3) is 0.500. The van der Waals surface area contributed by atoms with Crippen LogP contribution in [0.15, 0.2) is 12.1 Å². The van der Waals surface area contributed by atoms with E-state index in [1.807, 2.05) is 13.8 Å². The van der Waals surface area contributed by atoms with E-state index >= 15 is 0 Å². The van der Waals surface area contributed by atoms with Crippen LogP contribution in [0.25, 0.3) is 0 Å². The SMILES string of the molecule is COc1cc(NC(=O)CNC(=O)[C@@H](N)C(C)C)c(C(=O)N(C)C)cc1OC. The predicted octanol–water partition coefficient (Wildman–Crippen LogP) is 0.444. The van der Waals surface area contributed by atoms with Gasteiger partial charge in [-0.25, -0.2) is 0 Å². The molecule has 0 radical (unpaired) electrons. The van der Waals surface area contributed by atoms with Crippen molar-refractivity contribution in [2.45, 2.75) is 19.9 Å². The van der Waals surface area contributed by atoms with Crippen LogP contribution in [-0.2, 0) is 9.59 Å². The summed E-state index contributed by atoms with van der Waals surface area (Å²) in [5.74, 6) is -0.581. The fourth-order valence-corrected chi connectivity index (χ4v) is 2.18. The molecule has 0 aromatic heterocycles. The number of amides is 3. The Morgan fingerprint density at radius 1 is 1.11 bits per heavy atom. The topological polar surface area (TPSA) is 123 Å². The highest BCUT2D eigenvalue weighted by atomic mass is 16.5. The Hall–Kier alpha value is -2.81. The molecule has 1 rings (SSSR count). The van der Waals surface area contributed by atoms with Gasteiger partial charge in [-0.1, -0.05) is 13.8 Å². The Bertz CT molecular complexity index is 703. The standard InChI is InChI=1S/C18H28N4O5/c1-10(2)16(19)17(24)20-9-15(23)21-12-8-14(27-6)13(26-5)7-11(12)18(25)22(3)4/h7-8,10,16H,9,19H2,1-6H3,(H,20,24)(H,21,23)/t16-/m0/s1. The zero-order valence-electron chi connectivity index (χ0n) is 16.6. The van der Waals surface area contributed by atoms with Crippen molar-refractivity contribution in [2.75, 3.05) is 40.2 Å². The van der Waals surface area contributed by atoms with Crippen molar-refractivity contribution in [3.63, 3.8) is 0 Å². The van der Waals surface area contributed by atoms with Crippen LogP contribution in [0.5, 0.6) is 11.5 Å². The van der Waals surface area contributed by atoms with Gasteiger partial charge in [-0.05, 0) is 12.0 Å². The summed E-state index contributed by atoms with van der Waals surface area (Å²) in [5, 5.41) is 5.10. The summed E-state index contributed by atoms with van der Waals surface area (Å²) in [7, 11) is 6.09. The lowest BCUT2D eigenvalue weighted by Crippen LogP contribution is -2.46. The minimum Gasteiger partial charge on any atom is -0.493 e. The molecule has 0 aliphatic rings.